The third-order valence-corrected chi connectivity index (χ3v) is 5.25. The molecular weight excluding hydrogens is 230 g/mol. The van der Waals surface area contributed by atoms with Gasteiger partial charge in [-0.05, 0) is 31.7 Å². The number of carboxylic acid groups (broad SMARTS) is 1. The molecule has 1 amide bonds. The van der Waals surface area contributed by atoms with Crippen LogP contribution in [0, 0.1) is 0 Å². The Balaban J connectivity index is 2.60. The lowest BCUT2D eigenvalue weighted by Gasteiger charge is -2.31. The summed E-state index contributed by atoms with van der Waals surface area (Å²) in [5.74, 6) is 0. The van der Waals surface area contributed by atoms with Crippen LogP contribution in [0.4, 0.5) is 4.79 Å². The first kappa shape index (κ1) is 14.3. The standard InChI is InChI=1S/C13H25NO2Si/c1-5-6-7-13(8-9-13)14(12(15)16)10-11-17(2,3)4/h5H,1,6-11H2,2-4H3,(H,15,16). The number of rotatable bonds is 7. The predicted octanol–water partition coefficient (Wildman–Crippen LogP) is 3.80. The van der Waals surface area contributed by atoms with E-state index in [0.29, 0.717) is 6.54 Å². The van der Waals surface area contributed by atoms with Crippen molar-refractivity contribution >= 4 is 14.2 Å². The molecule has 0 radical (unpaired) electrons. The molecule has 0 atom stereocenters. The molecule has 0 unspecified atom stereocenters. The molecule has 0 heterocycles. The molecule has 3 nitrogen and oxygen atoms in total. The van der Waals surface area contributed by atoms with Gasteiger partial charge in [0.1, 0.15) is 0 Å². The van der Waals surface area contributed by atoms with Gasteiger partial charge >= 0.3 is 6.09 Å². The van der Waals surface area contributed by atoms with Gasteiger partial charge in [0.25, 0.3) is 0 Å². The lowest BCUT2D eigenvalue weighted by atomic mass is 10.1. The van der Waals surface area contributed by atoms with Crippen LogP contribution in [0.5, 0.6) is 0 Å². The van der Waals surface area contributed by atoms with Crippen LogP contribution in [0.2, 0.25) is 25.7 Å². The van der Waals surface area contributed by atoms with Crippen LogP contribution in [0.3, 0.4) is 0 Å². The summed E-state index contributed by atoms with van der Waals surface area (Å²) in [6.07, 6.45) is 5.05. The highest BCUT2D eigenvalue weighted by Gasteiger charge is 2.49. The summed E-state index contributed by atoms with van der Waals surface area (Å²) in [6.45, 7) is 11.3. The Hall–Kier alpha value is -0.773. The molecule has 1 rings (SSSR count). The Labute approximate surface area is 106 Å². The zero-order valence-electron chi connectivity index (χ0n) is 11.3. The minimum absolute atomic E-state index is 0.0559. The van der Waals surface area contributed by atoms with Crippen LogP contribution >= 0.6 is 0 Å². The van der Waals surface area contributed by atoms with Gasteiger partial charge in [-0.3, -0.25) is 0 Å². The van der Waals surface area contributed by atoms with E-state index < -0.39 is 14.2 Å². The summed E-state index contributed by atoms with van der Waals surface area (Å²) in [6, 6.07) is 1.05. The molecule has 1 aliphatic carbocycles. The molecule has 0 aromatic carbocycles. The highest BCUT2D eigenvalue weighted by molar-refractivity contribution is 6.76. The maximum atomic E-state index is 11.4. The van der Waals surface area contributed by atoms with Crippen LogP contribution < -0.4 is 0 Å². The van der Waals surface area contributed by atoms with Crippen LogP contribution in [-0.2, 0) is 0 Å². The monoisotopic (exact) mass is 255 g/mol. The first-order chi connectivity index (χ1) is 7.81. The highest BCUT2D eigenvalue weighted by atomic mass is 28.3. The molecule has 1 fully saturated rings. The Kier molecular flexibility index (Phi) is 4.41. The summed E-state index contributed by atoms with van der Waals surface area (Å²) >= 11 is 0. The molecule has 0 aliphatic heterocycles. The van der Waals surface area contributed by atoms with Crippen molar-refractivity contribution in [2.24, 2.45) is 0 Å². The van der Waals surface area contributed by atoms with E-state index in [2.05, 4.69) is 26.2 Å². The van der Waals surface area contributed by atoms with E-state index in [1.165, 1.54) is 0 Å². The van der Waals surface area contributed by atoms with Gasteiger partial charge in [0.2, 0.25) is 0 Å². The van der Waals surface area contributed by atoms with Crippen LogP contribution in [-0.4, -0.2) is 36.3 Å². The Morgan fingerprint density at radius 3 is 2.41 bits per heavy atom. The van der Waals surface area contributed by atoms with Gasteiger partial charge in [-0.15, -0.1) is 6.58 Å². The summed E-state index contributed by atoms with van der Waals surface area (Å²) in [5, 5.41) is 9.36. The van der Waals surface area contributed by atoms with Gasteiger partial charge in [-0.25, -0.2) is 4.79 Å². The van der Waals surface area contributed by atoms with E-state index in [4.69, 9.17) is 0 Å². The minimum atomic E-state index is -1.17. The lowest BCUT2D eigenvalue weighted by molar-refractivity contribution is 0.117. The van der Waals surface area contributed by atoms with Crippen molar-refractivity contribution in [2.75, 3.05) is 6.54 Å². The number of nitrogens with zero attached hydrogens (tertiary/aromatic N) is 1. The average molecular weight is 255 g/mol. The Morgan fingerprint density at radius 2 is 2.06 bits per heavy atom. The summed E-state index contributed by atoms with van der Waals surface area (Å²) < 4.78 is 0. The van der Waals surface area contributed by atoms with E-state index in [0.717, 1.165) is 31.7 Å². The second kappa shape index (κ2) is 5.25. The van der Waals surface area contributed by atoms with Gasteiger partial charge in [0, 0.05) is 20.2 Å². The van der Waals surface area contributed by atoms with E-state index in [9.17, 15) is 9.90 Å². The largest absolute Gasteiger partial charge is 0.465 e. The molecule has 1 aliphatic rings. The molecule has 1 N–H and O–H groups in total. The van der Waals surface area contributed by atoms with E-state index in [1.807, 2.05) is 6.08 Å². The number of carbonyl (C=O) groups is 1. The summed E-state index contributed by atoms with van der Waals surface area (Å²) in [4.78, 5) is 13.1. The first-order valence-corrected chi connectivity index (χ1v) is 10.1. The van der Waals surface area contributed by atoms with Crippen molar-refractivity contribution in [3.63, 3.8) is 0 Å². The van der Waals surface area contributed by atoms with Crippen molar-refractivity contribution in [2.45, 2.75) is 56.9 Å². The molecule has 0 aromatic heterocycles. The van der Waals surface area contributed by atoms with E-state index in [1.54, 1.807) is 4.90 Å². The fraction of sp³-hybridized carbons (Fsp3) is 0.769. The maximum Gasteiger partial charge on any atom is 0.407 e. The quantitative estimate of drug-likeness (QED) is 0.555. The fourth-order valence-electron chi connectivity index (χ4n) is 2.15. The smallest absolute Gasteiger partial charge is 0.407 e. The molecule has 0 saturated heterocycles. The minimum Gasteiger partial charge on any atom is -0.465 e. The van der Waals surface area contributed by atoms with E-state index in [-0.39, 0.29) is 5.54 Å². The van der Waals surface area contributed by atoms with Crippen molar-refractivity contribution < 1.29 is 9.90 Å². The number of hydrogen-bond donors (Lipinski definition) is 1. The van der Waals surface area contributed by atoms with Crippen molar-refractivity contribution in [3.05, 3.63) is 12.7 Å². The van der Waals surface area contributed by atoms with Crippen LogP contribution in [0.15, 0.2) is 12.7 Å². The molecule has 17 heavy (non-hydrogen) atoms. The zero-order valence-corrected chi connectivity index (χ0v) is 12.3. The summed E-state index contributed by atoms with van der Waals surface area (Å²) in [7, 11) is -1.17. The second-order valence-corrected chi connectivity index (χ2v) is 11.9. The van der Waals surface area contributed by atoms with Gasteiger partial charge in [0.15, 0.2) is 0 Å². The van der Waals surface area contributed by atoms with Crippen LogP contribution in [0.25, 0.3) is 0 Å². The summed E-state index contributed by atoms with van der Waals surface area (Å²) in [5.41, 5.74) is -0.0559. The molecule has 0 bridgehead atoms. The molecule has 0 spiro atoms. The highest BCUT2D eigenvalue weighted by Crippen LogP contribution is 2.46. The van der Waals surface area contributed by atoms with Gasteiger partial charge in [0.05, 0.1) is 0 Å². The Bertz CT molecular complexity index is 292. The van der Waals surface area contributed by atoms with Gasteiger partial charge < -0.3 is 10.0 Å². The van der Waals surface area contributed by atoms with Crippen molar-refractivity contribution in [1.82, 2.24) is 4.90 Å². The third kappa shape index (κ3) is 4.19. The van der Waals surface area contributed by atoms with E-state index >= 15 is 0 Å². The number of hydrogen-bond acceptors (Lipinski definition) is 1. The molecule has 1 saturated carbocycles. The van der Waals surface area contributed by atoms with Gasteiger partial charge in [-0.1, -0.05) is 25.7 Å². The molecule has 0 aromatic rings. The third-order valence-electron chi connectivity index (χ3n) is 3.53. The van der Waals surface area contributed by atoms with Crippen molar-refractivity contribution in [3.8, 4) is 0 Å². The zero-order chi connectivity index (χ0) is 13.1. The molecule has 4 heteroatoms. The van der Waals surface area contributed by atoms with Crippen LogP contribution in [0.1, 0.15) is 25.7 Å². The SMILES string of the molecule is C=CCCC1(N(CC[Si](C)(C)C)C(=O)O)CC1. The molecule has 98 valence electrons. The van der Waals surface area contributed by atoms with Crippen molar-refractivity contribution in [1.29, 1.82) is 0 Å². The second-order valence-electron chi connectivity index (χ2n) is 6.30. The number of allylic oxidation sites excluding steroid dienone is 1. The Morgan fingerprint density at radius 1 is 1.47 bits per heavy atom. The maximum absolute atomic E-state index is 11.4. The lowest BCUT2D eigenvalue weighted by Crippen LogP contribution is -2.43. The molecular formula is C13H25NO2Si. The first-order valence-electron chi connectivity index (χ1n) is 6.42. The number of amides is 1. The van der Waals surface area contributed by atoms with Gasteiger partial charge in [-0.2, -0.15) is 0 Å². The average Bonchev–Trinajstić information content (AvgIpc) is 2.94. The topological polar surface area (TPSA) is 40.5 Å². The fourth-order valence-corrected chi connectivity index (χ4v) is 3.05. The normalized spacial score (nSPS) is 17.6. The predicted molar refractivity (Wildman–Crippen MR) is 74.3 cm³/mol.